The van der Waals surface area contributed by atoms with Gasteiger partial charge in [0.1, 0.15) is 5.75 Å². The van der Waals surface area contributed by atoms with Gasteiger partial charge < -0.3 is 10.2 Å². The van der Waals surface area contributed by atoms with Gasteiger partial charge in [-0.25, -0.2) is 0 Å². The van der Waals surface area contributed by atoms with Crippen molar-refractivity contribution < 1.29 is 10.2 Å². The predicted octanol–water partition coefficient (Wildman–Crippen LogP) is 3.64. The zero-order valence-corrected chi connectivity index (χ0v) is 13.8. The summed E-state index contributed by atoms with van der Waals surface area (Å²) < 4.78 is 0. The maximum Gasteiger partial charge on any atom is 0.120 e. The zero-order chi connectivity index (χ0) is 16.2. The monoisotopic (exact) mass is 331 g/mol. The highest BCUT2D eigenvalue weighted by Crippen LogP contribution is 2.33. The summed E-state index contributed by atoms with van der Waals surface area (Å²) in [6.45, 7) is 1.98. The summed E-state index contributed by atoms with van der Waals surface area (Å²) in [6.07, 6.45) is 1.82. The molecule has 1 unspecified atom stereocenters. The fraction of sp³-hybridized carbons (Fsp3) is 0.368. The molecule has 2 atom stereocenters. The van der Waals surface area contributed by atoms with Crippen molar-refractivity contribution in [1.82, 2.24) is 4.90 Å². The molecule has 0 radical (unpaired) electrons. The maximum atomic E-state index is 10.0. The van der Waals surface area contributed by atoms with Crippen LogP contribution in [0.4, 0.5) is 0 Å². The number of phenols is 1. The van der Waals surface area contributed by atoms with Gasteiger partial charge >= 0.3 is 0 Å². The van der Waals surface area contributed by atoms with Crippen molar-refractivity contribution in [3.8, 4) is 5.75 Å². The van der Waals surface area contributed by atoms with Gasteiger partial charge in [-0.1, -0.05) is 48.0 Å². The van der Waals surface area contributed by atoms with Crippen molar-refractivity contribution >= 4 is 11.6 Å². The summed E-state index contributed by atoms with van der Waals surface area (Å²) in [5.74, 6) is 0.719. The summed E-state index contributed by atoms with van der Waals surface area (Å²) in [7, 11) is 0. The Hall–Kier alpha value is -1.55. The van der Waals surface area contributed by atoms with E-state index in [1.165, 1.54) is 0 Å². The quantitative estimate of drug-likeness (QED) is 0.879. The molecule has 3 rings (SSSR count). The van der Waals surface area contributed by atoms with E-state index in [0.717, 1.165) is 37.1 Å². The van der Waals surface area contributed by atoms with Crippen molar-refractivity contribution in [3.05, 3.63) is 64.7 Å². The summed E-state index contributed by atoms with van der Waals surface area (Å²) in [6, 6.07) is 15.5. The molecule has 1 fully saturated rings. The van der Waals surface area contributed by atoms with Crippen LogP contribution in [-0.4, -0.2) is 34.8 Å². The summed E-state index contributed by atoms with van der Waals surface area (Å²) in [4.78, 5) is 2.33. The zero-order valence-electron chi connectivity index (χ0n) is 13.0. The molecule has 0 spiro atoms. The normalized spacial score (nSPS) is 19.8. The van der Waals surface area contributed by atoms with E-state index >= 15 is 0 Å². The molecule has 4 heteroatoms. The maximum absolute atomic E-state index is 10.0. The fourth-order valence-electron chi connectivity index (χ4n) is 3.46. The van der Waals surface area contributed by atoms with Crippen LogP contribution in [0.5, 0.6) is 5.75 Å². The molecule has 1 aliphatic rings. The minimum atomic E-state index is 0.0426. The van der Waals surface area contributed by atoms with Crippen LogP contribution in [0.25, 0.3) is 0 Å². The standard InChI is InChI=1S/C19H22ClNO2/c20-17-7-4-8-19(23)16(17)11-14-9-10-21(12-14)18(13-22)15-5-2-1-3-6-15/h1-8,14,18,22-23H,9-13H2/t14-,18?/m1/s1. The molecule has 1 aliphatic heterocycles. The molecular formula is C19H22ClNO2. The van der Waals surface area contributed by atoms with E-state index in [4.69, 9.17) is 11.6 Å². The highest BCUT2D eigenvalue weighted by Gasteiger charge is 2.29. The van der Waals surface area contributed by atoms with Crippen molar-refractivity contribution in [3.63, 3.8) is 0 Å². The SMILES string of the molecule is OCC(c1ccccc1)N1CC[C@H](Cc2c(O)cccc2Cl)C1. The first-order valence-corrected chi connectivity index (χ1v) is 8.43. The lowest BCUT2D eigenvalue weighted by atomic mass is 9.98. The van der Waals surface area contributed by atoms with Gasteiger partial charge in [-0.2, -0.15) is 0 Å². The van der Waals surface area contributed by atoms with Crippen LogP contribution >= 0.6 is 11.6 Å². The van der Waals surface area contributed by atoms with E-state index in [1.54, 1.807) is 12.1 Å². The van der Waals surface area contributed by atoms with Gasteiger partial charge in [-0.3, -0.25) is 4.90 Å². The molecule has 2 aromatic carbocycles. The average Bonchev–Trinajstić information content (AvgIpc) is 3.01. The molecule has 3 nitrogen and oxygen atoms in total. The Morgan fingerprint density at radius 1 is 1.13 bits per heavy atom. The van der Waals surface area contributed by atoms with Gasteiger partial charge in [-0.15, -0.1) is 0 Å². The molecule has 0 amide bonds. The third kappa shape index (κ3) is 3.69. The molecule has 2 aromatic rings. The summed E-state index contributed by atoms with van der Waals surface area (Å²) in [5.41, 5.74) is 1.98. The number of hydrogen-bond donors (Lipinski definition) is 2. The van der Waals surface area contributed by atoms with Crippen LogP contribution < -0.4 is 0 Å². The number of halogens is 1. The Morgan fingerprint density at radius 3 is 2.61 bits per heavy atom. The minimum Gasteiger partial charge on any atom is -0.508 e. The summed E-state index contributed by atoms with van der Waals surface area (Å²) in [5, 5.41) is 20.4. The second-order valence-corrected chi connectivity index (χ2v) is 6.61. The molecule has 1 saturated heterocycles. The number of aliphatic hydroxyl groups is 1. The number of phenolic OH excluding ortho intramolecular Hbond substituents is 1. The topological polar surface area (TPSA) is 43.7 Å². The molecule has 0 bridgehead atoms. The van der Waals surface area contributed by atoms with E-state index in [9.17, 15) is 10.2 Å². The van der Waals surface area contributed by atoms with Gasteiger partial charge in [0.25, 0.3) is 0 Å². The largest absolute Gasteiger partial charge is 0.508 e. The lowest BCUT2D eigenvalue weighted by molar-refractivity contribution is 0.143. The molecule has 23 heavy (non-hydrogen) atoms. The van der Waals surface area contributed by atoms with Crippen LogP contribution in [0.15, 0.2) is 48.5 Å². The van der Waals surface area contributed by atoms with Crippen molar-refractivity contribution in [2.45, 2.75) is 18.9 Å². The van der Waals surface area contributed by atoms with Crippen LogP contribution in [0.2, 0.25) is 5.02 Å². The van der Waals surface area contributed by atoms with E-state index in [2.05, 4.69) is 17.0 Å². The summed E-state index contributed by atoms with van der Waals surface area (Å²) >= 11 is 6.22. The third-order valence-corrected chi connectivity index (χ3v) is 5.06. The van der Waals surface area contributed by atoms with E-state index in [0.29, 0.717) is 10.9 Å². The van der Waals surface area contributed by atoms with E-state index in [-0.39, 0.29) is 18.4 Å². The molecule has 122 valence electrons. The van der Waals surface area contributed by atoms with E-state index < -0.39 is 0 Å². The molecule has 1 heterocycles. The molecule has 2 N–H and O–H groups in total. The highest BCUT2D eigenvalue weighted by atomic mass is 35.5. The Kier molecular flexibility index (Phi) is 5.21. The van der Waals surface area contributed by atoms with Gasteiger partial charge in [0.2, 0.25) is 0 Å². The van der Waals surface area contributed by atoms with Gasteiger partial charge in [0, 0.05) is 17.1 Å². The second-order valence-electron chi connectivity index (χ2n) is 6.20. The molecular weight excluding hydrogens is 310 g/mol. The van der Waals surface area contributed by atoms with Crippen LogP contribution in [0.1, 0.15) is 23.6 Å². The van der Waals surface area contributed by atoms with E-state index in [1.807, 2.05) is 24.3 Å². The molecule has 0 aromatic heterocycles. The number of benzene rings is 2. The lowest BCUT2D eigenvalue weighted by Gasteiger charge is -2.26. The van der Waals surface area contributed by atoms with Gasteiger partial charge in [0.05, 0.1) is 12.6 Å². The Balaban J connectivity index is 1.68. The second kappa shape index (κ2) is 7.35. The van der Waals surface area contributed by atoms with Crippen LogP contribution in [-0.2, 0) is 6.42 Å². The number of aromatic hydroxyl groups is 1. The van der Waals surface area contributed by atoms with Crippen molar-refractivity contribution in [1.29, 1.82) is 0 Å². The Labute approximate surface area is 142 Å². The number of rotatable bonds is 5. The van der Waals surface area contributed by atoms with Gasteiger partial charge in [-0.05, 0) is 43.0 Å². The Bertz CT molecular complexity index is 627. The molecule has 0 aliphatic carbocycles. The fourth-order valence-corrected chi connectivity index (χ4v) is 3.70. The Morgan fingerprint density at radius 2 is 1.91 bits per heavy atom. The van der Waals surface area contributed by atoms with Crippen LogP contribution in [0.3, 0.4) is 0 Å². The van der Waals surface area contributed by atoms with Gasteiger partial charge in [0.15, 0.2) is 0 Å². The number of hydrogen-bond acceptors (Lipinski definition) is 3. The third-order valence-electron chi connectivity index (χ3n) is 4.70. The van der Waals surface area contributed by atoms with Crippen LogP contribution in [0, 0.1) is 5.92 Å². The highest BCUT2D eigenvalue weighted by molar-refractivity contribution is 6.31. The van der Waals surface area contributed by atoms with Crippen molar-refractivity contribution in [2.75, 3.05) is 19.7 Å². The lowest BCUT2D eigenvalue weighted by Crippen LogP contribution is -2.29. The number of nitrogens with zero attached hydrogens (tertiary/aromatic N) is 1. The minimum absolute atomic E-state index is 0.0426. The first kappa shape index (κ1) is 16.3. The number of likely N-dealkylation sites (tertiary alicyclic amines) is 1. The average molecular weight is 332 g/mol. The smallest absolute Gasteiger partial charge is 0.120 e. The van der Waals surface area contributed by atoms with Crippen molar-refractivity contribution in [2.24, 2.45) is 5.92 Å². The number of aliphatic hydroxyl groups excluding tert-OH is 1. The first-order valence-electron chi connectivity index (χ1n) is 8.05. The predicted molar refractivity (Wildman–Crippen MR) is 92.8 cm³/mol. The molecule has 0 saturated carbocycles. The first-order chi connectivity index (χ1) is 11.2.